The molecule has 1 aromatic heterocycles. The minimum atomic E-state index is 0.188. The van der Waals surface area contributed by atoms with E-state index in [1.54, 1.807) is 6.92 Å². The van der Waals surface area contributed by atoms with E-state index in [-0.39, 0.29) is 5.92 Å². The summed E-state index contributed by atoms with van der Waals surface area (Å²) in [5.41, 5.74) is 2.21. The molecular weight excluding hydrogens is 200 g/mol. The van der Waals surface area contributed by atoms with Crippen LogP contribution in [0.5, 0.6) is 0 Å². The maximum Gasteiger partial charge on any atom is 0.134 e. The Morgan fingerprint density at radius 3 is 3.00 bits per heavy atom. The Kier molecular flexibility index (Phi) is 2.10. The molecule has 82 valence electrons. The molecular formula is C14H14O2. The molecule has 1 atom stereocenters. The Bertz CT molecular complexity index is 551. The van der Waals surface area contributed by atoms with Crippen molar-refractivity contribution in [2.24, 2.45) is 5.92 Å². The fourth-order valence-corrected chi connectivity index (χ4v) is 2.58. The van der Waals surface area contributed by atoms with Gasteiger partial charge in [0.05, 0.1) is 0 Å². The summed E-state index contributed by atoms with van der Waals surface area (Å²) in [7, 11) is 0. The van der Waals surface area contributed by atoms with E-state index in [0.717, 1.165) is 30.6 Å². The average molecular weight is 214 g/mol. The van der Waals surface area contributed by atoms with Crippen molar-refractivity contribution < 1.29 is 9.21 Å². The highest BCUT2D eigenvalue weighted by Crippen LogP contribution is 2.34. The third kappa shape index (κ3) is 1.37. The van der Waals surface area contributed by atoms with Gasteiger partial charge in [0.2, 0.25) is 0 Å². The summed E-state index contributed by atoms with van der Waals surface area (Å²) >= 11 is 0. The zero-order chi connectivity index (χ0) is 11.1. The van der Waals surface area contributed by atoms with E-state index in [2.05, 4.69) is 6.07 Å². The van der Waals surface area contributed by atoms with Crippen LogP contribution in [0.4, 0.5) is 0 Å². The van der Waals surface area contributed by atoms with Crippen molar-refractivity contribution in [2.75, 3.05) is 0 Å². The van der Waals surface area contributed by atoms with Crippen LogP contribution in [-0.4, -0.2) is 5.78 Å². The molecule has 16 heavy (non-hydrogen) atoms. The maximum atomic E-state index is 11.4. The number of fused-ring (bicyclic) bond motifs is 3. The van der Waals surface area contributed by atoms with Crippen LogP contribution >= 0.6 is 0 Å². The molecule has 0 radical (unpaired) electrons. The lowest BCUT2D eigenvalue weighted by molar-refractivity contribution is -0.121. The first-order valence-corrected chi connectivity index (χ1v) is 5.75. The van der Waals surface area contributed by atoms with Gasteiger partial charge in [-0.1, -0.05) is 18.2 Å². The Labute approximate surface area is 94.3 Å². The van der Waals surface area contributed by atoms with Gasteiger partial charge >= 0.3 is 0 Å². The largest absolute Gasteiger partial charge is 0.461 e. The van der Waals surface area contributed by atoms with E-state index in [0.29, 0.717) is 5.78 Å². The van der Waals surface area contributed by atoms with Gasteiger partial charge in [0.15, 0.2) is 0 Å². The molecule has 2 nitrogen and oxygen atoms in total. The first-order valence-electron chi connectivity index (χ1n) is 5.75. The zero-order valence-corrected chi connectivity index (χ0v) is 9.32. The van der Waals surface area contributed by atoms with E-state index < -0.39 is 0 Å². The molecule has 0 amide bonds. The van der Waals surface area contributed by atoms with Crippen LogP contribution in [0.2, 0.25) is 0 Å². The molecule has 1 heterocycles. The van der Waals surface area contributed by atoms with Crippen molar-refractivity contribution >= 4 is 16.8 Å². The van der Waals surface area contributed by atoms with Gasteiger partial charge in [-0.25, -0.2) is 0 Å². The molecule has 1 aromatic carbocycles. The predicted molar refractivity (Wildman–Crippen MR) is 62.4 cm³/mol. The highest BCUT2D eigenvalue weighted by molar-refractivity contribution is 5.85. The molecule has 3 rings (SSSR count). The first-order chi connectivity index (χ1) is 7.75. The SMILES string of the molecule is CC(=O)C1CCc2oc3ccccc3c2C1. The van der Waals surface area contributed by atoms with Gasteiger partial charge in [0.1, 0.15) is 17.1 Å². The second kappa shape index (κ2) is 3.48. The second-order valence-electron chi connectivity index (χ2n) is 4.55. The number of para-hydroxylation sites is 1. The third-order valence-electron chi connectivity index (χ3n) is 3.53. The highest BCUT2D eigenvalue weighted by atomic mass is 16.3. The summed E-state index contributed by atoms with van der Waals surface area (Å²) in [6.45, 7) is 1.69. The van der Waals surface area contributed by atoms with Gasteiger partial charge in [0, 0.05) is 23.3 Å². The van der Waals surface area contributed by atoms with Gasteiger partial charge in [-0.05, 0) is 25.8 Å². The first kappa shape index (κ1) is 9.64. The van der Waals surface area contributed by atoms with Crippen molar-refractivity contribution in [1.82, 2.24) is 0 Å². The third-order valence-corrected chi connectivity index (χ3v) is 3.53. The molecule has 1 aliphatic carbocycles. The molecule has 0 saturated heterocycles. The van der Waals surface area contributed by atoms with Crippen LogP contribution < -0.4 is 0 Å². The Morgan fingerprint density at radius 1 is 1.38 bits per heavy atom. The topological polar surface area (TPSA) is 30.2 Å². The van der Waals surface area contributed by atoms with Crippen molar-refractivity contribution in [2.45, 2.75) is 26.2 Å². The Balaban J connectivity index is 2.11. The molecule has 1 aliphatic rings. The van der Waals surface area contributed by atoms with Crippen LogP contribution in [0, 0.1) is 5.92 Å². The number of hydrogen-bond acceptors (Lipinski definition) is 2. The number of carbonyl (C=O) groups excluding carboxylic acids is 1. The number of ketones is 1. The fraction of sp³-hybridized carbons (Fsp3) is 0.357. The van der Waals surface area contributed by atoms with Crippen molar-refractivity contribution in [3.63, 3.8) is 0 Å². The number of carbonyl (C=O) groups is 1. The summed E-state index contributed by atoms with van der Waals surface area (Å²) in [6.07, 6.45) is 2.68. The quantitative estimate of drug-likeness (QED) is 0.730. The average Bonchev–Trinajstić information content (AvgIpc) is 2.66. The molecule has 0 aliphatic heterocycles. The minimum Gasteiger partial charge on any atom is -0.461 e. The number of furan rings is 1. The zero-order valence-electron chi connectivity index (χ0n) is 9.32. The molecule has 0 N–H and O–H groups in total. The highest BCUT2D eigenvalue weighted by Gasteiger charge is 2.26. The van der Waals surface area contributed by atoms with Gasteiger partial charge in [-0.15, -0.1) is 0 Å². The molecule has 2 heteroatoms. The van der Waals surface area contributed by atoms with Gasteiger partial charge in [-0.2, -0.15) is 0 Å². The maximum absolute atomic E-state index is 11.4. The molecule has 2 aromatic rings. The monoisotopic (exact) mass is 214 g/mol. The lowest BCUT2D eigenvalue weighted by Crippen LogP contribution is -2.19. The number of benzene rings is 1. The number of hydrogen-bond donors (Lipinski definition) is 0. The molecule has 0 fully saturated rings. The smallest absolute Gasteiger partial charge is 0.134 e. The van der Waals surface area contributed by atoms with Crippen LogP contribution in [0.25, 0.3) is 11.0 Å². The van der Waals surface area contributed by atoms with Crippen molar-refractivity contribution in [3.8, 4) is 0 Å². The molecule has 0 spiro atoms. The number of rotatable bonds is 1. The van der Waals surface area contributed by atoms with E-state index >= 15 is 0 Å². The minimum absolute atomic E-state index is 0.188. The van der Waals surface area contributed by atoms with Gasteiger partial charge in [0.25, 0.3) is 0 Å². The predicted octanol–water partition coefficient (Wildman–Crippen LogP) is 3.13. The second-order valence-corrected chi connectivity index (χ2v) is 4.55. The summed E-state index contributed by atoms with van der Waals surface area (Å²) < 4.78 is 5.81. The molecule has 0 bridgehead atoms. The lowest BCUT2D eigenvalue weighted by Gasteiger charge is -2.18. The van der Waals surface area contributed by atoms with Crippen LogP contribution in [0.1, 0.15) is 24.7 Å². The lowest BCUT2D eigenvalue weighted by atomic mass is 9.84. The van der Waals surface area contributed by atoms with E-state index in [1.807, 2.05) is 18.2 Å². The van der Waals surface area contributed by atoms with Crippen molar-refractivity contribution in [3.05, 3.63) is 35.6 Å². The molecule has 1 unspecified atom stereocenters. The van der Waals surface area contributed by atoms with E-state index in [9.17, 15) is 4.79 Å². The van der Waals surface area contributed by atoms with E-state index in [4.69, 9.17) is 4.42 Å². The number of Topliss-reactive ketones (excluding diaryl/α,β-unsaturated/α-hetero) is 1. The summed E-state index contributed by atoms with van der Waals surface area (Å²) in [4.78, 5) is 11.4. The Hall–Kier alpha value is -1.57. The van der Waals surface area contributed by atoms with Gasteiger partial charge in [-0.3, -0.25) is 4.79 Å². The summed E-state index contributed by atoms with van der Waals surface area (Å²) in [5.74, 6) is 1.57. The van der Waals surface area contributed by atoms with Crippen LogP contribution in [0.15, 0.2) is 28.7 Å². The summed E-state index contributed by atoms with van der Waals surface area (Å²) in [6, 6.07) is 8.09. The summed E-state index contributed by atoms with van der Waals surface area (Å²) in [5, 5.41) is 1.18. The van der Waals surface area contributed by atoms with Crippen LogP contribution in [0.3, 0.4) is 0 Å². The van der Waals surface area contributed by atoms with E-state index in [1.165, 1.54) is 10.9 Å². The normalized spacial score (nSPS) is 19.7. The van der Waals surface area contributed by atoms with Crippen LogP contribution in [-0.2, 0) is 17.6 Å². The molecule has 0 saturated carbocycles. The Morgan fingerprint density at radius 2 is 2.19 bits per heavy atom. The van der Waals surface area contributed by atoms with Gasteiger partial charge < -0.3 is 4.42 Å². The number of aryl methyl sites for hydroxylation is 1. The van der Waals surface area contributed by atoms with Crippen molar-refractivity contribution in [1.29, 1.82) is 0 Å². The standard InChI is InChI=1S/C14H14O2/c1-9(15)10-6-7-14-12(8-10)11-4-2-3-5-13(11)16-14/h2-5,10H,6-8H2,1H3. The fourth-order valence-electron chi connectivity index (χ4n) is 2.58.